The van der Waals surface area contributed by atoms with Gasteiger partial charge in [0.1, 0.15) is 17.3 Å². The van der Waals surface area contributed by atoms with Crippen molar-refractivity contribution in [2.75, 3.05) is 0 Å². The second-order valence-corrected chi connectivity index (χ2v) is 10.2. The van der Waals surface area contributed by atoms with Crippen LogP contribution < -0.4 is 4.74 Å². The fourth-order valence-electron chi connectivity index (χ4n) is 2.92. The van der Waals surface area contributed by atoms with Gasteiger partial charge in [-0.25, -0.2) is 0 Å². The largest absolute Gasteiger partial charge is 0.489 e. The lowest BCUT2D eigenvalue weighted by Crippen LogP contribution is -2.14. The molecule has 0 saturated carbocycles. The predicted molar refractivity (Wildman–Crippen MR) is 128 cm³/mol. The first kappa shape index (κ1) is 23.0. The molecule has 164 valence electrons. The minimum absolute atomic E-state index is 0.0581. The second kappa shape index (κ2) is 9.33. The molecular weight excluding hydrogens is 514 g/mol. The molecule has 0 aliphatic carbocycles. The van der Waals surface area contributed by atoms with Crippen LogP contribution in [-0.2, 0) is 16.6 Å². The van der Waals surface area contributed by atoms with Crippen molar-refractivity contribution in [1.29, 1.82) is 0 Å². The van der Waals surface area contributed by atoms with Crippen molar-refractivity contribution in [1.82, 2.24) is 9.19 Å². The quantitative estimate of drug-likeness (QED) is 0.271. The van der Waals surface area contributed by atoms with E-state index in [4.69, 9.17) is 51.1 Å². The van der Waals surface area contributed by atoms with Gasteiger partial charge >= 0.3 is 0 Å². The average molecular weight is 528 g/mol. The molecule has 32 heavy (non-hydrogen) atoms. The fraction of sp³-hybridized carbons (Fsp3) is 0.0455. The van der Waals surface area contributed by atoms with Gasteiger partial charge in [-0.2, -0.15) is 17.6 Å². The van der Waals surface area contributed by atoms with Crippen LogP contribution in [0.3, 0.4) is 0 Å². The molecular formula is C22H14Cl4N2O3S. The maximum absolute atomic E-state index is 12.9. The van der Waals surface area contributed by atoms with E-state index in [1.165, 1.54) is 24.4 Å². The van der Waals surface area contributed by atoms with E-state index in [-0.39, 0.29) is 21.5 Å². The van der Waals surface area contributed by atoms with Crippen molar-refractivity contribution in [3.63, 3.8) is 0 Å². The molecule has 3 aromatic carbocycles. The topological polar surface area (TPSA) is 61.2 Å². The summed E-state index contributed by atoms with van der Waals surface area (Å²) in [5.41, 5.74) is 1.91. The van der Waals surface area contributed by atoms with Crippen LogP contribution in [0.15, 0.2) is 77.8 Å². The molecule has 0 amide bonds. The number of benzene rings is 3. The van der Waals surface area contributed by atoms with Gasteiger partial charge in [-0.3, -0.25) is 0 Å². The number of hydrogen-bond donors (Lipinski definition) is 0. The van der Waals surface area contributed by atoms with E-state index in [2.05, 4.69) is 5.10 Å². The number of aromatic nitrogens is 2. The second-order valence-electron chi connectivity index (χ2n) is 6.71. The standard InChI is InChI=1S/C22H14Cl4N2O3S/c23-16-5-4-15(20(26)11-16)13-31-18-3-1-2-14(10-18)21-8-9-28(27-21)32(29,30)22-12-17(24)6-7-19(22)25/h1-12H,13H2. The number of halogens is 4. The van der Waals surface area contributed by atoms with E-state index in [9.17, 15) is 8.42 Å². The lowest BCUT2D eigenvalue weighted by Gasteiger charge is -2.09. The Morgan fingerprint density at radius 2 is 1.59 bits per heavy atom. The molecule has 10 heteroatoms. The number of ether oxygens (including phenoxy) is 1. The molecule has 0 saturated heterocycles. The van der Waals surface area contributed by atoms with Gasteiger partial charge in [-0.05, 0) is 48.5 Å². The Balaban J connectivity index is 1.57. The third kappa shape index (κ3) is 4.90. The maximum Gasteiger partial charge on any atom is 0.284 e. The molecule has 0 N–H and O–H groups in total. The molecule has 5 nitrogen and oxygen atoms in total. The van der Waals surface area contributed by atoms with Crippen molar-refractivity contribution in [3.8, 4) is 17.0 Å². The maximum atomic E-state index is 12.9. The van der Waals surface area contributed by atoms with Crippen LogP contribution in [0.2, 0.25) is 20.1 Å². The summed E-state index contributed by atoms with van der Waals surface area (Å²) in [5.74, 6) is 0.573. The Morgan fingerprint density at radius 3 is 2.38 bits per heavy atom. The van der Waals surface area contributed by atoms with Crippen LogP contribution in [0.25, 0.3) is 11.3 Å². The van der Waals surface area contributed by atoms with Gasteiger partial charge in [0.15, 0.2) is 0 Å². The Kier molecular flexibility index (Phi) is 6.70. The van der Waals surface area contributed by atoms with E-state index in [0.29, 0.717) is 27.1 Å². The van der Waals surface area contributed by atoms with Gasteiger partial charge in [0.05, 0.1) is 10.7 Å². The summed E-state index contributed by atoms with van der Waals surface area (Å²) >= 11 is 24.1. The molecule has 1 heterocycles. The highest BCUT2D eigenvalue weighted by atomic mass is 35.5. The summed E-state index contributed by atoms with van der Waals surface area (Å²) in [7, 11) is -4.01. The lowest BCUT2D eigenvalue weighted by molar-refractivity contribution is 0.306. The molecule has 0 aliphatic rings. The van der Waals surface area contributed by atoms with Crippen LogP contribution in [-0.4, -0.2) is 17.6 Å². The SMILES string of the molecule is O=S(=O)(c1cc(Cl)ccc1Cl)n1ccc(-c2cccc(OCc3ccc(Cl)cc3Cl)c2)n1. The summed E-state index contributed by atoms with van der Waals surface area (Å²) < 4.78 is 32.6. The van der Waals surface area contributed by atoms with Gasteiger partial charge in [0.2, 0.25) is 0 Å². The zero-order chi connectivity index (χ0) is 22.9. The van der Waals surface area contributed by atoms with Gasteiger partial charge in [0, 0.05) is 32.4 Å². The van der Waals surface area contributed by atoms with Crippen LogP contribution in [0.5, 0.6) is 5.75 Å². The summed E-state index contributed by atoms with van der Waals surface area (Å²) in [4.78, 5) is -0.127. The average Bonchev–Trinajstić information content (AvgIpc) is 3.26. The van der Waals surface area contributed by atoms with Gasteiger partial charge in [-0.1, -0.05) is 64.6 Å². The van der Waals surface area contributed by atoms with Crippen molar-refractivity contribution >= 4 is 56.4 Å². The van der Waals surface area contributed by atoms with Crippen LogP contribution in [0.4, 0.5) is 0 Å². The summed E-state index contributed by atoms with van der Waals surface area (Å²) in [5, 5.41) is 5.59. The van der Waals surface area contributed by atoms with E-state index < -0.39 is 10.0 Å². The summed E-state index contributed by atoms with van der Waals surface area (Å²) in [6.45, 7) is 0.246. The molecule has 1 aromatic heterocycles. The van der Waals surface area contributed by atoms with Crippen molar-refractivity contribution in [2.45, 2.75) is 11.5 Å². The summed E-state index contributed by atoms with van der Waals surface area (Å²) in [6.07, 6.45) is 1.35. The zero-order valence-electron chi connectivity index (χ0n) is 16.2. The number of rotatable bonds is 6. The zero-order valence-corrected chi connectivity index (χ0v) is 20.0. The van der Waals surface area contributed by atoms with Crippen LogP contribution in [0.1, 0.15) is 5.56 Å². The van der Waals surface area contributed by atoms with E-state index in [1.54, 1.807) is 48.5 Å². The van der Waals surface area contributed by atoms with Crippen LogP contribution >= 0.6 is 46.4 Å². The Labute approximate surface area is 205 Å². The Hall–Kier alpha value is -2.22. The first-order valence-electron chi connectivity index (χ1n) is 9.17. The van der Waals surface area contributed by atoms with Crippen molar-refractivity contribution < 1.29 is 13.2 Å². The Bertz CT molecular complexity index is 1400. The van der Waals surface area contributed by atoms with E-state index in [1.807, 2.05) is 0 Å². The molecule has 0 aliphatic heterocycles. The monoisotopic (exact) mass is 526 g/mol. The predicted octanol–water partition coefficient (Wildman–Crippen LogP) is 6.98. The highest BCUT2D eigenvalue weighted by molar-refractivity contribution is 7.90. The van der Waals surface area contributed by atoms with Gasteiger partial charge in [0.25, 0.3) is 10.0 Å². The van der Waals surface area contributed by atoms with Gasteiger partial charge < -0.3 is 4.74 Å². The molecule has 4 rings (SSSR count). The van der Waals surface area contributed by atoms with Gasteiger partial charge in [-0.15, -0.1) is 0 Å². The third-order valence-electron chi connectivity index (χ3n) is 4.52. The molecule has 0 atom stereocenters. The number of hydrogen-bond acceptors (Lipinski definition) is 4. The lowest BCUT2D eigenvalue weighted by atomic mass is 10.1. The minimum atomic E-state index is -4.01. The smallest absolute Gasteiger partial charge is 0.284 e. The van der Waals surface area contributed by atoms with Crippen molar-refractivity contribution in [2.24, 2.45) is 0 Å². The minimum Gasteiger partial charge on any atom is -0.489 e. The molecule has 0 unspecified atom stereocenters. The molecule has 0 bridgehead atoms. The molecule has 0 radical (unpaired) electrons. The highest BCUT2D eigenvalue weighted by Crippen LogP contribution is 2.29. The van der Waals surface area contributed by atoms with Crippen molar-refractivity contribution in [3.05, 3.63) is 98.6 Å². The first-order valence-corrected chi connectivity index (χ1v) is 12.1. The third-order valence-corrected chi connectivity index (χ3v) is 7.38. The Morgan fingerprint density at radius 1 is 0.844 bits per heavy atom. The number of nitrogens with zero attached hydrogens (tertiary/aromatic N) is 2. The first-order chi connectivity index (χ1) is 15.2. The van der Waals surface area contributed by atoms with Crippen LogP contribution in [0, 0.1) is 0 Å². The molecule has 4 aromatic rings. The molecule has 0 spiro atoms. The summed E-state index contributed by atoms with van der Waals surface area (Å²) in [6, 6.07) is 18.1. The highest BCUT2D eigenvalue weighted by Gasteiger charge is 2.22. The fourth-order valence-corrected chi connectivity index (χ4v) is 5.23. The molecule has 0 fully saturated rings. The van der Waals surface area contributed by atoms with E-state index >= 15 is 0 Å². The normalized spacial score (nSPS) is 11.5. The van der Waals surface area contributed by atoms with E-state index in [0.717, 1.165) is 9.65 Å².